The molecule has 0 aliphatic carbocycles. The van der Waals surface area contributed by atoms with Gasteiger partial charge in [-0.2, -0.15) is 5.10 Å². The average molecular weight is 469 g/mol. The summed E-state index contributed by atoms with van der Waals surface area (Å²) < 4.78 is 2.27. The third kappa shape index (κ3) is 4.46. The van der Waals surface area contributed by atoms with Crippen molar-refractivity contribution in [2.75, 3.05) is 7.05 Å². The highest BCUT2D eigenvalue weighted by Gasteiger charge is 2.44. The van der Waals surface area contributed by atoms with Gasteiger partial charge in [-0.15, -0.1) is 0 Å². The van der Waals surface area contributed by atoms with Crippen molar-refractivity contribution in [3.8, 4) is 0 Å². The lowest BCUT2D eigenvalue weighted by Crippen LogP contribution is -2.75. The SMILES string of the molecule is CN(N=C(c1ccccc1)c1ccccc1)[Si](c1ccccc1)(c1ccccc1)c1ccccc1. The van der Waals surface area contributed by atoms with Gasteiger partial charge in [-0.3, -0.25) is 0 Å². The summed E-state index contributed by atoms with van der Waals surface area (Å²) >= 11 is 0. The summed E-state index contributed by atoms with van der Waals surface area (Å²) in [6, 6.07) is 53.5. The molecule has 5 aromatic rings. The van der Waals surface area contributed by atoms with Crippen LogP contribution < -0.4 is 15.6 Å². The highest BCUT2D eigenvalue weighted by atomic mass is 28.3. The number of nitrogens with zero attached hydrogens (tertiary/aromatic N) is 2. The first kappa shape index (κ1) is 22.6. The van der Waals surface area contributed by atoms with Gasteiger partial charge in [-0.1, -0.05) is 152 Å². The standard InChI is InChI=1S/C32H28N2Si/c1-34(33-32(27-17-7-2-8-18-27)28-19-9-3-10-20-28)35(29-21-11-4-12-22-29,30-23-13-5-14-24-30)31-25-15-6-16-26-31/h2-26H,1H3. The molecule has 0 heterocycles. The highest BCUT2D eigenvalue weighted by Crippen LogP contribution is 2.17. The Morgan fingerprint density at radius 2 is 0.743 bits per heavy atom. The minimum absolute atomic E-state index is 0.966. The van der Waals surface area contributed by atoms with Crippen LogP contribution in [0.3, 0.4) is 0 Å². The van der Waals surface area contributed by atoms with Crippen LogP contribution in [0.15, 0.2) is 157 Å². The third-order valence-electron chi connectivity index (χ3n) is 6.40. The van der Waals surface area contributed by atoms with Gasteiger partial charge in [0.1, 0.15) is 0 Å². The molecule has 0 amide bonds. The third-order valence-corrected chi connectivity index (χ3v) is 11.0. The molecule has 0 aromatic heterocycles. The van der Waals surface area contributed by atoms with Crippen LogP contribution >= 0.6 is 0 Å². The van der Waals surface area contributed by atoms with E-state index in [0.29, 0.717) is 0 Å². The Hall–Kier alpha value is -4.21. The zero-order valence-corrected chi connectivity index (χ0v) is 20.8. The lowest BCUT2D eigenvalue weighted by molar-refractivity contribution is 0.564. The van der Waals surface area contributed by atoms with Crippen LogP contribution in [0.5, 0.6) is 0 Å². The van der Waals surface area contributed by atoms with Gasteiger partial charge < -0.3 is 4.67 Å². The van der Waals surface area contributed by atoms with E-state index in [-0.39, 0.29) is 0 Å². The van der Waals surface area contributed by atoms with Crippen LogP contribution in [0, 0.1) is 0 Å². The van der Waals surface area contributed by atoms with E-state index in [1.165, 1.54) is 15.6 Å². The molecule has 0 fully saturated rings. The van der Waals surface area contributed by atoms with Gasteiger partial charge in [0.05, 0.1) is 5.71 Å². The topological polar surface area (TPSA) is 15.6 Å². The van der Waals surface area contributed by atoms with Crippen molar-refractivity contribution in [1.82, 2.24) is 4.67 Å². The van der Waals surface area contributed by atoms with Gasteiger partial charge in [-0.05, 0) is 15.6 Å². The van der Waals surface area contributed by atoms with Gasteiger partial charge in [0, 0.05) is 18.2 Å². The lowest BCUT2D eigenvalue weighted by Gasteiger charge is -2.39. The zero-order valence-electron chi connectivity index (χ0n) is 19.8. The van der Waals surface area contributed by atoms with E-state index in [2.05, 4.69) is 151 Å². The van der Waals surface area contributed by atoms with Crippen LogP contribution in [-0.2, 0) is 0 Å². The monoisotopic (exact) mass is 468 g/mol. The van der Waals surface area contributed by atoms with Crippen LogP contribution in [0.25, 0.3) is 0 Å². The largest absolute Gasteiger partial charge is 0.312 e. The summed E-state index contributed by atoms with van der Waals surface area (Å²) in [5, 5.41) is 9.32. The molecule has 0 atom stereocenters. The summed E-state index contributed by atoms with van der Waals surface area (Å²) in [6.45, 7) is 0. The highest BCUT2D eigenvalue weighted by molar-refractivity contribution is 7.09. The van der Waals surface area contributed by atoms with Crippen LogP contribution in [0.2, 0.25) is 0 Å². The van der Waals surface area contributed by atoms with Crippen molar-refractivity contribution in [1.29, 1.82) is 0 Å². The quantitative estimate of drug-likeness (QED) is 0.141. The van der Waals surface area contributed by atoms with Crippen molar-refractivity contribution in [2.45, 2.75) is 0 Å². The summed E-state index contributed by atoms with van der Waals surface area (Å²) in [6.07, 6.45) is 0. The van der Waals surface area contributed by atoms with E-state index in [1.54, 1.807) is 0 Å². The molecular weight excluding hydrogens is 440 g/mol. The number of hydrazone groups is 1. The summed E-state index contributed by atoms with van der Waals surface area (Å²) in [5.74, 6) is 0. The Morgan fingerprint density at radius 3 is 1.06 bits per heavy atom. The normalized spacial score (nSPS) is 11.0. The Labute approximate surface area is 208 Å². The second kappa shape index (κ2) is 10.4. The first-order chi connectivity index (χ1) is 17.3. The van der Waals surface area contributed by atoms with Gasteiger partial charge in [0.2, 0.25) is 0 Å². The molecule has 170 valence electrons. The number of hydrogen-bond acceptors (Lipinski definition) is 2. The number of benzene rings is 5. The molecule has 5 rings (SSSR count). The summed E-state index contributed by atoms with van der Waals surface area (Å²) in [4.78, 5) is 0. The van der Waals surface area contributed by atoms with Crippen molar-refractivity contribution in [3.63, 3.8) is 0 Å². The van der Waals surface area contributed by atoms with Gasteiger partial charge in [0.15, 0.2) is 0 Å². The predicted octanol–water partition coefficient (Wildman–Crippen LogP) is 5.04. The maximum atomic E-state index is 5.43. The molecule has 0 saturated carbocycles. The van der Waals surface area contributed by atoms with Crippen LogP contribution in [0.1, 0.15) is 11.1 Å². The predicted molar refractivity (Wildman–Crippen MR) is 150 cm³/mol. The summed E-state index contributed by atoms with van der Waals surface area (Å²) in [5.41, 5.74) is 3.17. The molecule has 0 aliphatic heterocycles. The Balaban J connectivity index is 1.80. The second-order valence-electron chi connectivity index (χ2n) is 8.51. The van der Waals surface area contributed by atoms with Crippen LogP contribution in [-0.4, -0.2) is 25.7 Å². The van der Waals surface area contributed by atoms with E-state index in [0.717, 1.165) is 16.8 Å². The van der Waals surface area contributed by atoms with Gasteiger partial charge in [0.25, 0.3) is 8.24 Å². The minimum Gasteiger partial charge on any atom is -0.312 e. The molecule has 0 bridgehead atoms. The Bertz CT molecular complexity index is 1230. The zero-order chi connectivity index (χ0) is 23.9. The molecule has 0 N–H and O–H groups in total. The number of rotatable bonds is 7. The average Bonchev–Trinajstić information content (AvgIpc) is 2.95. The molecule has 0 radical (unpaired) electrons. The van der Waals surface area contributed by atoms with E-state index < -0.39 is 8.24 Å². The van der Waals surface area contributed by atoms with Crippen molar-refractivity contribution >= 4 is 29.5 Å². The summed E-state index contributed by atoms with van der Waals surface area (Å²) in [7, 11) is -0.566. The fourth-order valence-corrected chi connectivity index (χ4v) is 9.19. The fraction of sp³-hybridized carbons (Fsp3) is 0.0312. The van der Waals surface area contributed by atoms with E-state index in [1.807, 2.05) is 12.1 Å². The first-order valence-electron chi connectivity index (χ1n) is 11.9. The molecule has 0 spiro atoms. The molecule has 5 aromatic carbocycles. The Morgan fingerprint density at radius 1 is 0.457 bits per heavy atom. The van der Waals surface area contributed by atoms with Crippen molar-refractivity contribution in [2.24, 2.45) is 5.10 Å². The lowest BCUT2D eigenvalue weighted by atomic mass is 10.0. The molecule has 35 heavy (non-hydrogen) atoms. The molecule has 0 unspecified atom stereocenters. The molecular formula is C32H28N2Si. The Kier molecular flexibility index (Phi) is 6.69. The van der Waals surface area contributed by atoms with E-state index >= 15 is 0 Å². The first-order valence-corrected chi connectivity index (χ1v) is 13.8. The molecule has 0 aliphatic rings. The van der Waals surface area contributed by atoms with Gasteiger partial charge in [-0.25, -0.2) is 0 Å². The van der Waals surface area contributed by atoms with Gasteiger partial charge >= 0.3 is 0 Å². The number of hydrogen-bond donors (Lipinski definition) is 0. The maximum Gasteiger partial charge on any atom is 0.270 e. The van der Waals surface area contributed by atoms with E-state index in [4.69, 9.17) is 5.10 Å². The molecule has 2 nitrogen and oxygen atoms in total. The minimum atomic E-state index is -2.71. The van der Waals surface area contributed by atoms with Crippen molar-refractivity contribution < 1.29 is 0 Å². The maximum absolute atomic E-state index is 5.43. The van der Waals surface area contributed by atoms with Crippen molar-refractivity contribution in [3.05, 3.63) is 163 Å². The smallest absolute Gasteiger partial charge is 0.270 e. The molecule has 3 heteroatoms. The van der Waals surface area contributed by atoms with E-state index in [9.17, 15) is 0 Å². The van der Waals surface area contributed by atoms with Crippen LogP contribution in [0.4, 0.5) is 0 Å². The molecule has 0 saturated heterocycles. The fourth-order valence-electron chi connectivity index (χ4n) is 4.80. The second-order valence-corrected chi connectivity index (χ2v) is 12.3.